The summed E-state index contributed by atoms with van der Waals surface area (Å²) in [6, 6.07) is 0. The zero-order chi connectivity index (χ0) is 6.08. The highest BCUT2D eigenvalue weighted by Gasteiger charge is 1.85. The Bertz CT molecular complexity index is 58.4. The highest BCUT2D eigenvalue weighted by Crippen LogP contribution is 1.75. The molecule has 5 heavy (non-hydrogen) atoms. The number of halogens is 1. The first kappa shape index (κ1) is 2.13. The summed E-state index contributed by atoms with van der Waals surface area (Å²) < 4.78 is 23.9. The molecule has 0 saturated carbocycles. The van der Waals surface area contributed by atoms with Crippen molar-refractivity contribution in [2.75, 3.05) is 6.63 Å². The van der Waals surface area contributed by atoms with Gasteiger partial charge in [0.25, 0.3) is 0 Å². The Balaban J connectivity index is 3.54. The Kier molecular flexibility index (Phi) is 0.916. The average molecular weight is 80.1 g/mol. The number of alkyl halides is 1. The molecule has 0 spiro atoms. The molecule has 0 heterocycles. The lowest BCUT2D eigenvalue weighted by Gasteiger charge is -1.87. The van der Waals surface area contributed by atoms with Crippen LogP contribution in [-0.2, 0) is 0 Å². The van der Waals surface area contributed by atoms with Crippen LogP contribution in [0.1, 0.15) is 9.67 Å². The van der Waals surface area contributed by atoms with E-state index in [1.807, 2.05) is 0 Å². The highest BCUT2D eigenvalue weighted by atomic mass is 19.1. The third-order valence-corrected chi connectivity index (χ3v) is 0.158. The van der Waals surface area contributed by atoms with Gasteiger partial charge in [-0.25, -0.2) is 4.39 Å². The summed E-state index contributed by atoms with van der Waals surface area (Å²) in [6.45, 7) is -1.89. The smallest absolute Gasteiger partial charge is 0.115 e. The molecule has 1 N–H and O–H groups in total. The molecule has 0 aromatic carbocycles. The predicted octanol–water partition coefficient (Wildman–Crippen LogP) is 0.337. The monoisotopic (exact) mass is 80.1 g/mol. The summed E-state index contributed by atoms with van der Waals surface area (Å²) in [5.41, 5.74) is 0. The van der Waals surface area contributed by atoms with Crippen LogP contribution in [0.15, 0.2) is 0 Å². The van der Waals surface area contributed by atoms with Crippen LogP contribution in [0, 0.1) is 0 Å². The van der Waals surface area contributed by atoms with Crippen molar-refractivity contribution in [3.8, 4) is 0 Å². The van der Waals surface area contributed by atoms with Crippen LogP contribution in [0.2, 0.25) is 0 Å². The van der Waals surface area contributed by atoms with E-state index in [1.165, 1.54) is 0 Å². The number of hydrogen-bond acceptors (Lipinski definition) is 1. The van der Waals surface area contributed by atoms with Gasteiger partial charge in [0, 0.05) is 0 Å². The molecule has 0 rings (SSSR count). The first-order valence-corrected chi connectivity index (χ1v) is 1.31. The van der Waals surface area contributed by atoms with Gasteiger partial charge in [0.05, 0.1) is 8.85 Å². The molecule has 0 aliphatic rings. The van der Waals surface area contributed by atoms with Crippen LogP contribution in [0.5, 0.6) is 0 Å². The van der Waals surface area contributed by atoms with Gasteiger partial charge in [-0.2, -0.15) is 0 Å². The SMILES string of the molecule is [2H]C([2H])(F)C(C)O. The maximum absolute atomic E-state index is 11.6. The molecular formula is C3H7FO. The third-order valence-electron chi connectivity index (χ3n) is 0.158. The largest absolute Gasteiger partial charge is 0.391 e. The van der Waals surface area contributed by atoms with Gasteiger partial charge in [0.1, 0.15) is 6.63 Å². The first-order chi connectivity index (χ1) is 2.94. The molecule has 0 aromatic heterocycles. The molecule has 0 bridgehead atoms. The van der Waals surface area contributed by atoms with E-state index in [4.69, 9.17) is 7.85 Å². The molecule has 0 aliphatic heterocycles. The van der Waals surface area contributed by atoms with Crippen LogP contribution < -0.4 is 0 Å². The normalized spacial score (nSPS) is 23.8. The van der Waals surface area contributed by atoms with E-state index in [0.717, 1.165) is 6.92 Å². The second-order valence-corrected chi connectivity index (χ2v) is 0.785. The van der Waals surface area contributed by atoms with E-state index in [1.54, 1.807) is 0 Å². The van der Waals surface area contributed by atoms with Crippen molar-refractivity contribution in [1.82, 2.24) is 0 Å². The molecule has 0 aliphatic carbocycles. The first-order valence-electron chi connectivity index (χ1n) is 2.31. The zero-order valence-electron chi connectivity index (χ0n) is 4.90. The van der Waals surface area contributed by atoms with E-state index in [2.05, 4.69) is 0 Å². The molecule has 2 heteroatoms. The number of hydrogen-bond donors (Lipinski definition) is 1. The Labute approximate surface area is 33.2 Å². The topological polar surface area (TPSA) is 20.2 Å². The van der Waals surface area contributed by atoms with E-state index < -0.39 is 12.7 Å². The highest BCUT2D eigenvalue weighted by molar-refractivity contribution is 4.34. The molecule has 0 saturated heterocycles. The van der Waals surface area contributed by atoms with Crippen LogP contribution in [0.3, 0.4) is 0 Å². The molecule has 0 aromatic rings. The second-order valence-electron chi connectivity index (χ2n) is 0.785. The lowest BCUT2D eigenvalue weighted by Crippen LogP contribution is -1.99. The summed E-state index contributed by atoms with van der Waals surface area (Å²) in [4.78, 5) is 0. The fraction of sp³-hybridized carbons (Fsp3) is 1.00. The minimum Gasteiger partial charge on any atom is -0.391 e. The standard InChI is InChI=1S/C3H7FO/c1-3(5)2-4/h3,5H,2H2,1H3/i2D2. The molecule has 32 valence electrons. The van der Waals surface area contributed by atoms with Gasteiger partial charge in [0.2, 0.25) is 0 Å². The van der Waals surface area contributed by atoms with Crippen molar-refractivity contribution in [2.45, 2.75) is 13.0 Å². The van der Waals surface area contributed by atoms with Gasteiger partial charge in [-0.1, -0.05) is 0 Å². The van der Waals surface area contributed by atoms with Crippen molar-refractivity contribution in [2.24, 2.45) is 0 Å². The van der Waals surface area contributed by atoms with Crippen molar-refractivity contribution < 1.29 is 12.2 Å². The van der Waals surface area contributed by atoms with Gasteiger partial charge in [0.15, 0.2) is 0 Å². The lowest BCUT2D eigenvalue weighted by atomic mass is 10.5. The Hall–Kier alpha value is -0.110. The predicted molar refractivity (Wildman–Crippen MR) is 17.7 cm³/mol. The second kappa shape index (κ2) is 2.15. The maximum Gasteiger partial charge on any atom is 0.115 e. The minimum atomic E-state index is -2.94. The fourth-order valence-corrected chi connectivity index (χ4v) is 0. The molecule has 1 atom stereocenters. The van der Waals surface area contributed by atoms with E-state index in [0.29, 0.717) is 0 Å². The van der Waals surface area contributed by atoms with Crippen LogP contribution in [-0.4, -0.2) is 17.8 Å². The van der Waals surface area contributed by atoms with Crippen molar-refractivity contribution in [1.29, 1.82) is 0 Å². The molecule has 0 fully saturated rings. The van der Waals surface area contributed by atoms with Gasteiger partial charge in [-0.05, 0) is 6.92 Å². The summed E-state index contributed by atoms with van der Waals surface area (Å²) in [7, 11) is 0. The zero-order valence-corrected chi connectivity index (χ0v) is 2.90. The van der Waals surface area contributed by atoms with E-state index in [9.17, 15) is 4.39 Å². The third kappa shape index (κ3) is 3.89. The van der Waals surface area contributed by atoms with Crippen molar-refractivity contribution in [3.63, 3.8) is 0 Å². The number of aliphatic hydroxyl groups is 1. The molecule has 0 radical (unpaired) electrons. The fourth-order valence-electron chi connectivity index (χ4n) is 0. The van der Waals surface area contributed by atoms with Gasteiger partial charge in [-0.3, -0.25) is 0 Å². The van der Waals surface area contributed by atoms with E-state index in [-0.39, 0.29) is 0 Å². The number of aliphatic hydroxyl groups excluding tert-OH is 1. The quantitative estimate of drug-likeness (QED) is 0.481. The Morgan fingerprint density at radius 1 is 2.40 bits per heavy atom. The van der Waals surface area contributed by atoms with Crippen molar-refractivity contribution in [3.05, 3.63) is 0 Å². The van der Waals surface area contributed by atoms with E-state index >= 15 is 0 Å². The Morgan fingerprint density at radius 3 is 2.60 bits per heavy atom. The summed E-state index contributed by atoms with van der Waals surface area (Å²) in [5.74, 6) is 0. The molecule has 1 unspecified atom stereocenters. The Morgan fingerprint density at radius 2 is 2.60 bits per heavy atom. The number of rotatable bonds is 1. The van der Waals surface area contributed by atoms with Gasteiger partial charge >= 0.3 is 0 Å². The summed E-state index contributed by atoms with van der Waals surface area (Å²) in [5, 5.41) is 8.14. The van der Waals surface area contributed by atoms with Gasteiger partial charge in [-0.15, -0.1) is 0 Å². The summed E-state index contributed by atoms with van der Waals surface area (Å²) >= 11 is 0. The van der Waals surface area contributed by atoms with Crippen LogP contribution >= 0.6 is 0 Å². The average Bonchev–Trinajstić information content (AvgIpc) is 1.31. The summed E-state index contributed by atoms with van der Waals surface area (Å²) in [6.07, 6.45) is -1.53. The van der Waals surface area contributed by atoms with Crippen molar-refractivity contribution >= 4 is 0 Å². The molecular weight excluding hydrogens is 71.0 g/mol. The maximum atomic E-state index is 11.6. The van der Waals surface area contributed by atoms with Gasteiger partial charge < -0.3 is 5.11 Å². The van der Waals surface area contributed by atoms with Crippen LogP contribution in [0.25, 0.3) is 0 Å². The van der Waals surface area contributed by atoms with Crippen LogP contribution in [0.4, 0.5) is 4.39 Å². The molecule has 0 amide bonds. The minimum absolute atomic E-state index is 1.06. The lowest BCUT2D eigenvalue weighted by molar-refractivity contribution is 0.158. The molecule has 1 nitrogen and oxygen atoms in total.